The predicted molar refractivity (Wildman–Crippen MR) is 78.2 cm³/mol. The molecule has 3 heterocycles. The summed E-state index contributed by atoms with van der Waals surface area (Å²) in [6.45, 7) is 1.75. The highest BCUT2D eigenvalue weighted by Crippen LogP contribution is 2.34. The number of hydrogen-bond acceptors (Lipinski definition) is 5. The molecule has 4 rings (SSSR count). The van der Waals surface area contributed by atoms with Crippen molar-refractivity contribution in [3.63, 3.8) is 0 Å². The predicted octanol–water partition coefficient (Wildman–Crippen LogP) is 2.79. The highest BCUT2D eigenvalue weighted by Gasteiger charge is 2.22. The average molecular weight is 268 g/mol. The second-order valence-corrected chi connectivity index (χ2v) is 5.63. The van der Waals surface area contributed by atoms with Gasteiger partial charge in [0.1, 0.15) is 6.33 Å². The van der Waals surface area contributed by atoms with Crippen LogP contribution in [0, 0.1) is 0 Å². The number of aromatic nitrogens is 2. The van der Waals surface area contributed by atoms with Crippen molar-refractivity contribution in [1.29, 1.82) is 0 Å². The molecule has 2 N–H and O–H groups in total. The maximum atomic E-state index is 5.85. The maximum absolute atomic E-state index is 5.85. The minimum Gasteiger partial charge on any atom is -0.399 e. The number of benzene rings is 1. The number of fused-ring (bicyclic) bond motifs is 2. The average Bonchev–Trinajstić information content (AvgIpc) is 3.03. The van der Waals surface area contributed by atoms with E-state index < -0.39 is 0 Å². The molecule has 2 aromatic heterocycles. The van der Waals surface area contributed by atoms with Crippen LogP contribution in [0.4, 0.5) is 11.5 Å². The van der Waals surface area contributed by atoms with Gasteiger partial charge in [0.25, 0.3) is 0 Å². The number of hydrogen-bond donors (Lipinski definition) is 1. The van der Waals surface area contributed by atoms with Crippen LogP contribution in [-0.4, -0.2) is 9.97 Å². The molecule has 19 heavy (non-hydrogen) atoms. The Kier molecular flexibility index (Phi) is 2.22. The summed E-state index contributed by atoms with van der Waals surface area (Å²) in [6.07, 6.45) is 1.64. The number of nitrogen functional groups attached to an aromatic ring is 1. The first-order chi connectivity index (χ1) is 9.31. The fourth-order valence-electron chi connectivity index (χ4n) is 2.57. The van der Waals surface area contributed by atoms with Crippen molar-refractivity contribution in [3.05, 3.63) is 47.1 Å². The fraction of sp³-hybridized carbons (Fsp3) is 0.143. The molecular weight excluding hydrogens is 256 g/mol. The van der Waals surface area contributed by atoms with Gasteiger partial charge in [-0.05, 0) is 34.7 Å². The van der Waals surface area contributed by atoms with E-state index in [1.165, 1.54) is 11.1 Å². The van der Waals surface area contributed by atoms with Gasteiger partial charge in [0.15, 0.2) is 5.82 Å². The lowest BCUT2D eigenvalue weighted by Gasteiger charge is -2.16. The van der Waals surface area contributed by atoms with Gasteiger partial charge >= 0.3 is 0 Å². The molecule has 0 unspecified atom stereocenters. The van der Waals surface area contributed by atoms with Crippen LogP contribution in [0.25, 0.3) is 10.2 Å². The van der Waals surface area contributed by atoms with Gasteiger partial charge < -0.3 is 10.6 Å². The summed E-state index contributed by atoms with van der Waals surface area (Å²) in [5.74, 6) is 1.02. The highest BCUT2D eigenvalue weighted by molar-refractivity contribution is 7.17. The van der Waals surface area contributed by atoms with E-state index in [0.29, 0.717) is 0 Å². The topological polar surface area (TPSA) is 55.0 Å². The third-order valence-corrected chi connectivity index (χ3v) is 4.38. The lowest BCUT2D eigenvalue weighted by atomic mass is 10.1. The Morgan fingerprint density at radius 1 is 1.11 bits per heavy atom. The molecule has 0 radical (unpaired) electrons. The van der Waals surface area contributed by atoms with Crippen molar-refractivity contribution in [3.8, 4) is 0 Å². The van der Waals surface area contributed by atoms with Crippen LogP contribution in [0.15, 0.2) is 36.0 Å². The molecule has 0 amide bonds. The van der Waals surface area contributed by atoms with Crippen molar-refractivity contribution >= 4 is 33.1 Å². The van der Waals surface area contributed by atoms with E-state index in [1.54, 1.807) is 17.7 Å². The van der Waals surface area contributed by atoms with E-state index in [-0.39, 0.29) is 0 Å². The normalized spacial score (nSPS) is 14.0. The van der Waals surface area contributed by atoms with Gasteiger partial charge in [-0.2, -0.15) is 0 Å². The van der Waals surface area contributed by atoms with Crippen molar-refractivity contribution in [1.82, 2.24) is 9.97 Å². The van der Waals surface area contributed by atoms with Crippen LogP contribution >= 0.6 is 11.3 Å². The number of anilines is 2. The smallest absolute Gasteiger partial charge is 0.150 e. The first-order valence-corrected chi connectivity index (χ1v) is 6.99. The number of nitrogens with zero attached hydrogens (tertiary/aromatic N) is 3. The summed E-state index contributed by atoms with van der Waals surface area (Å²) >= 11 is 1.69. The Hall–Kier alpha value is -2.14. The first kappa shape index (κ1) is 10.8. The van der Waals surface area contributed by atoms with E-state index in [2.05, 4.69) is 32.4 Å². The Morgan fingerprint density at radius 2 is 2.00 bits per heavy atom. The third-order valence-electron chi connectivity index (χ3n) is 3.48. The first-order valence-electron chi connectivity index (χ1n) is 6.12. The molecule has 1 aliphatic heterocycles. The summed E-state index contributed by atoms with van der Waals surface area (Å²) in [7, 11) is 0. The Bertz CT molecular complexity index is 765. The zero-order valence-corrected chi connectivity index (χ0v) is 11.0. The number of thiophene rings is 1. The molecule has 94 valence electrons. The van der Waals surface area contributed by atoms with Crippen LogP contribution in [0.2, 0.25) is 0 Å². The van der Waals surface area contributed by atoms with Crippen molar-refractivity contribution < 1.29 is 0 Å². The largest absolute Gasteiger partial charge is 0.399 e. The highest BCUT2D eigenvalue weighted by atomic mass is 32.1. The SMILES string of the molecule is Nc1ccc2c(c1)CN(c1ncnc3ccsc13)C2. The van der Waals surface area contributed by atoms with Gasteiger partial charge in [0.2, 0.25) is 0 Å². The summed E-state index contributed by atoms with van der Waals surface area (Å²) in [6, 6.07) is 8.16. The summed E-state index contributed by atoms with van der Waals surface area (Å²) < 4.78 is 1.16. The Balaban J connectivity index is 1.78. The maximum Gasteiger partial charge on any atom is 0.150 e. The summed E-state index contributed by atoms with van der Waals surface area (Å²) in [5, 5.41) is 2.06. The fourth-order valence-corrected chi connectivity index (χ4v) is 3.43. The molecule has 0 bridgehead atoms. The van der Waals surface area contributed by atoms with Crippen molar-refractivity contribution in [2.75, 3.05) is 10.6 Å². The molecule has 0 saturated heterocycles. The molecule has 0 atom stereocenters. The van der Waals surface area contributed by atoms with Gasteiger partial charge in [-0.25, -0.2) is 9.97 Å². The van der Waals surface area contributed by atoms with Crippen LogP contribution in [0.5, 0.6) is 0 Å². The lowest BCUT2D eigenvalue weighted by Crippen LogP contribution is -2.16. The molecule has 3 aromatic rings. The zero-order valence-electron chi connectivity index (χ0n) is 10.2. The molecule has 1 aromatic carbocycles. The minimum atomic E-state index is 0.824. The molecule has 0 aliphatic carbocycles. The summed E-state index contributed by atoms with van der Waals surface area (Å²) in [5.41, 5.74) is 10.3. The van der Waals surface area contributed by atoms with E-state index >= 15 is 0 Å². The van der Waals surface area contributed by atoms with Crippen LogP contribution in [-0.2, 0) is 13.1 Å². The van der Waals surface area contributed by atoms with Gasteiger partial charge in [-0.15, -0.1) is 11.3 Å². The van der Waals surface area contributed by atoms with Crippen molar-refractivity contribution in [2.45, 2.75) is 13.1 Å². The number of rotatable bonds is 1. The molecule has 1 aliphatic rings. The summed E-state index contributed by atoms with van der Waals surface area (Å²) in [4.78, 5) is 11.0. The zero-order chi connectivity index (χ0) is 12.8. The standard InChI is InChI=1S/C14H12N4S/c15-11-2-1-9-6-18(7-10(9)5-11)14-13-12(3-4-19-13)16-8-17-14/h1-5,8H,6-7,15H2. The van der Waals surface area contributed by atoms with E-state index in [9.17, 15) is 0 Å². The lowest BCUT2D eigenvalue weighted by molar-refractivity contribution is 0.861. The minimum absolute atomic E-state index is 0.824. The monoisotopic (exact) mass is 268 g/mol. The van der Waals surface area contributed by atoms with E-state index in [4.69, 9.17) is 5.73 Å². The Labute approximate surface area is 114 Å². The van der Waals surface area contributed by atoms with Crippen LogP contribution in [0.1, 0.15) is 11.1 Å². The molecule has 0 spiro atoms. The Morgan fingerprint density at radius 3 is 2.95 bits per heavy atom. The molecule has 0 saturated carbocycles. The molecule has 5 heteroatoms. The second kappa shape index (κ2) is 3.93. The van der Waals surface area contributed by atoms with E-state index in [0.717, 1.165) is 34.8 Å². The number of nitrogens with two attached hydrogens (primary N) is 1. The van der Waals surface area contributed by atoms with Gasteiger partial charge in [0, 0.05) is 18.8 Å². The van der Waals surface area contributed by atoms with Gasteiger partial charge in [-0.1, -0.05) is 6.07 Å². The second-order valence-electron chi connectivity index (χ2n) is 4.72. The van der Waals surface area contributed by atoms with Gasteiger partial charge in [-0.3, -0.25) is 0 Å². The quantitative estimate of drug-likeness (QED) is 0.689. The van der Waals surface area contributed by atoms with E-state index in [1.807, 2.05) is 12.1 Å². The van der Waals surface area contributed by atoms with Crippen molar-refractivity contribution in [2.24, 2.45) is 0 Å². The molecule has 0 fully saturated rings. The van der Waals surface area contributed by atoms with Crippen LogP contribution < -0.4 is 10.6 Å². The molecular formula is C14H12N4S. The molecule has 4 nitrogen and oxygen atoms in total. The van der Waals surface area contributed by atoms with Gasteiger partial charge in [0.05, 0.1) is 10.2 Å². The third kappa shape index (κ3) is 1.66. The van der Waals surface area contributed by atoms with Crippen LogP contribution in [0.3, 0.4) is 0 Å².